The number of hydrogen-bond donors (Lipinski definition) is 0. The second-order valence-electron chi connectivity index (χ2n) is 6.46. The van der Waals surface area contributed by atoms with Crippen LogP contribution in [0.25, 0.3) is 0 Å². The molecule has 0 bridgehead atoms. The van der Waals surface area contributed by atoms with E-state index >= 15 is 0 Å². The molecule has 0 spiro atoms. The molecule has 2 aromatic heterocycles. The lowest BCUT2D eigenvalue weighted by atomic mass is 10.2. The number of nitrogens with zero attached hydrogens (tertiary/aromatic N) is 4. The number of rotatable bonds is 4. The Hall–Kier alpha value is -1.23. The van der Waals surface area contributed by atoms with Crippen LogP contribution in [0.4, 0.5) is 18.3 Å². The summed E-state index contributed by atoms with van der Waals surface area (Å²) in [5.74, 6) is 0. The Morgan fingerprint density at radius 2 is 1.92 bits per heavy atom. The Bertz CT molecular complexity index is 734. The van der Waals surface area contributed by atoms with Gasteiger partial charge in [0.2, 0.25) is 10.1 Å². The van der Waals surface area contributed by atoms with Crippen molar-refractivity contribution >= 4 is 27.8 Å². The van der Waals surface area contributed by atoms with E-state index in [0.29, 0.717) is 29.6 Å². The summed E-state index contributed by atoms with van der Waals surface area (Å²) < 4.78 is 43.7. The third-order valence-corrected chi connectivity index (χ3v) is 6.80. The first-order valence-electron chi connectivity index (χ1n) is 8.57. The summed E-state index contributed by atoms with van der Waals surface area (Å²) >= 11 is 2.42. The van der Waals surface area contributed by atoms with E-state index in [-0.39, 0.29) is 6.10 Å². The average molecular weight is 404 g/mol. The van der Waals surface area contributed by atoms with Crippen molar-refractivity contribution in [3.8, 4) is 0 Å². The molecule has 0 N–H and O–H groups in total. The van der Waals surface area contributed by atoms with E-state index in [1.165, 1.54) is 9.75 Å². The molecular formula is C16H19F3N4OS2. The average Bonchev–Trinajstić information content (AvgIpc) is 3.36. The van der Waals surface area contributed by atoms with Gasteiger partial charge in [-0.25, -0.2) is 0 Å². The van der Waals surface area contributed by atoms with E-state index in [1.807, 2.05) is 4.90 Å². The molecule has 2 aliphatic rings. The van der Waals surface area contributed by atoms with Crippen LogP contribution in [0.2, 0.25) is 0 Å². The van der Waals surface area contributed by atoms with Gasteiger partial charge in [0.15, 0.2) is 0 Å². The van der Waals surface area contributed by atoms with Crippen molar-refractivity contribution in [2.24, 2.45) is 0 Å². The van der Waals surface area contributed by atoms with Crippen LogP contribution < -0.4 is 4.90 Å². The van der Waals surface area contributed by atoms with Gasteiger partial charge in [0.05, 0.1) is 6.10 Å². The molecule has 4 rings (SSSR count). The van der Waals surface area contributed by atoms with Gasteiger partial charge in [-0.2, -0.15) is 13.2 Å². The summed E-state index contributed by atoms with van der Waals surface area (Å²) in [6, 6.07) is 4.32. The van der Waals surface area contributed by atoms with Gasteiger partial charge in [-0.3, -0.25) is 4.90 Å². The summed E-state index contributed by atoms with van der Waals surface area (Å²) in [5.41, 5.74) is 0. The molecule has 2 aliphatic heterocycles. The van der Waals surface area contributed by atoms with Crippen molar-refractivity contribution in [3.05, 3.63) is 26.9 Å². The molecule has 0 aliphatic carbocycles. The predicted molar refractivity (Wildman–Crippen MR) is 94.6 cm³/mol. The van der Waals surface area contributed by atoms with Gasteiger partial charge in [-0.15, -0.1) is 21.5 Å². The van der Waals surface area contributed by atoms with Crippen LogP contribution in [0.15, 0.2) is 12.1 Å². The number of halogens is 3. The molecule has 2 saturated heterocycles. The van der Waals surface area contributed by atoms with Crippen molar-refractivity contribution in [1.29, 1.82) is 0 Å². The molecule has 0 saturated carbocycles. The largest absolute Gasteiger partial charge is 0.445 e. The highest BCUT2D eigenvalue weighted by molar-refractivity contribution is 7.15. The molecule has 142 valence electrons. The second kappa shape index (κ2) is 7.41. The Balaban J connectivity index is 1.30. The minimum atomic E-state index is -4.42. The lowest BCUT2D eigenvalue weighted by molar-refractivity contribution is -0.138. The summed E-state index contributed by atoms with van der Waals surface area (Å²) in [6.07, 6.45) is -1.94. The van der Waals surface area contributed by atoms with E-state index in [2.05, 4.69) is 27.2 Å². The van der Waals surface area contributed by atoms with Crippen LogP contribution in [0, 0.1) is 0 Å². The van der Waals surface area contributed by atoms with E-state index < -0.39 is 11.2 Å². The SMILES string of the molecule is FC(F)(F)c1nnc(N2CCN(Cc3ccc(C4CCCO4)s3)CC2)s1. The highest BCUT2D eigenvalue weighted by atomic mass is 32.1. The van der Waals surface area contributed by atoms with E-state index in [9.17, 15) is 13.2 Å². The van der Waals surface area contributed by atoms with Crippen LogP contribution in [-0.2, 0) is 17.5 Å². The van der Waals surface area contributed by atoms with E-state index in [0.717, 1.165) is 39.1 Å². The molecule has 10 heteroatoms. The minimum absolute atomic E-state index is 0.255. The Labute approximate surface area is 157 Å². The fraction of sp³-hybridized carbons (Fsp3) is 0.625. The third kappa shape index (κ3) is 4.03. The molecule has 26 heavy (non-hydrogen) atoms. The first kappa shape index (κ1) is 18.1. The number of aromatic nitrogens is 2. The molecule has 0 radical (unpaired) electrons. The van der Waals surface area contributed by atoms with Crippen molar-refractivity contribution in [3.63, 3.8) is 0 Å². The molecule has 4 heterocycles. The van der Waals surface area contributed by atoms with Crippen LogP contribution >= 0.6 is 22.7 Å². The lowest BCUT2D eigenvalue weighted by Crippen LogP contribution is -2.45. The summed E-state index contributed by atoms with van der Waals surface area (Å²) in [5, 5.41) is 6.45. The van der Waals surface area contributed by atoms with Gasteiger partial charge in [0.25, 0.3) is 0 Å². The zero-order valence-electron chi connectivity index (χ0n) is 14.0. The van der Waals surface area contributed by atoms with Crippen molar-refractivity contribution in [2.45, 2.75) is 31.7 Å². The molecule has 2 fully saturated rings. The van der Waals surface area contributed by atoms with Gasteiger partial charge < -0.3 is 9.64 Å². The van der Waals surface area contributed by atoms with Gasteiger partial charge in [-0.1, -0.05) is 11.3 Å². The molecule has 0 amide bonds. The quantitative estimate of drug-likeness (QED) is 0.776. The van der Waals surface area contributed by atoms with Gasteiger partial charge in [0.1, 0.15) is 0 Å². The highest BCUT2D eigenvalue weighted by Gasteiger charge is 2.36. The topological polar surface area (TPSA) is 41.5 Å². The first-order chi connectivity index (χ1) is 12.5. The lowest BCUT2D eigenvalue weighted by Gasteiger charge is -2.34. The molecule has 0 aromatic carbocycles. The summed E-state index contributed by atoms with van der Waals surface area (Å²) in [7, 11) is 0. The molecular weight excluding hydrogens is 385 g/mol. The summed E-state index contributed by atoms with van der Waals surface area (Å²) in [4.78, 5) is 6.81. The molecule has 1 unspecified atom stereocenters. The van der Waals surface area contributed by atoms with Gasteiger partial charge in [0, 0.05) is 49.1 Å². The van der Waals surface area contributed by atoms with Crippen LogP contribution in [-0.4, -0.2) is 47.9 Å². The van der Waals surface area contributed by atoms with Crippen LogP contribution in [0.1, 0.15) is 33.7 Å². The highest BCUT2D eigenvalue weighted by Crippen LogP contribution is 2.35. The first-order valence-corrected chi connectivity index (χ1v) is 10.2. The number of ether oxygens (including phenoxy) is 1. The van der Waals surface area contributed by atoms with Crippen molar-refractivity contribution in [1.82, 2.24) is 15.1 Å². The Morgan fingerprint density at radius 1 is 1.12 bits per heavy atom. The number of anilines is 1. The number of thiophene rings is 1. The van der Waals surface area contributed by atoms with Gasteiger partial charge in [-0.05, 0) is 25.0 Å². The zero-order valence-corrected chi connectivity index (χ0v) is 15.7. The van der Waals surface area contributed by atoms with Gasteiger partial charge >= 0.3 is 6.18 Å². The monoisotopic (exact) mass is 404 g/mol. The van der Waals surface area contributed by atoms with E-state index in [1.54, 1.807) is 11.3 Å². The zero-order chi connectivity index (χ0) is 18.1. The Morgan fingerprint density at radius 3 is 2.58 bits per heavy atom. The normalized spacial score (nSPS) is 22.3. The molecule has 1 atom stereocenters. The maximum Gasteiger partial charge on any atom is 0.445 e. The smallest absolute Gasteiger partial charge is 0.373 e. The maximum atomic E-state index is 12.7. The predicted octanol–water partition coefficient (Wildman–Crippen LogP) is 3.79. The molecule has 5 nitrogen and oxygen atoms in total. The fourth-order valence-corrected chi connectivity index (χ4v) is 5.13. The van der Waals surface area contributed by atoms with Crippen LogP contribution in [0.3, 0.4) is 0 Å². The second-order valence-corrected chi connectivity index (χ2v) is 8.61. The van der Waals surface area contributed by atoms with Crippen molar-refractivity contribution < 1.29 is 17.9 Å². The van der Waals surface area contributed by atoms with E-state index in [4.69, 9.17) is 4.74 Å². The fourth-order valence-electron chi connectivity index (χ4n) is 3.23. The Kier molecular flexibility index (Phi) is 5.18. The maximum absolute atomic E-state index is 12.7. The third-order valence-electron chi connectivity index (χ3n) is 4.61. The number of piperazine rings is 1. The van der Waals surface area contributed by atoms with Crippen LogP contribution in [0.5, 0.6) is 0 Å². The summed E-state index contributed by atoms with van der Waals surface area (Å²) in [6.45, 7) is 4.64. The molecule has 2 aromatic rings. The minimum Gasteiger partial charge on any atom is -0.373 e. The standard InChI is InChI=1S/C16H19F3N4OS2/c17-16(18,19)14-20-21-15(26-14)23-7-5-22(6-8-23)10-11-3-4-13(25-11)12-2-1-9-24-12/h3-4,12H,1-2,5-10H2. The number of hydrogen-bond acceptors (Lipinski definition) is 7. The van der Waals surface area contributed by atoms with Crippen molar-refractivity contribution in [2.75, 3.05) is 37.7 Å². The number of alkyl halides is 3.